The summed E-state index contributed by atoms with van der Waals surface area (Å²) in [5, 5.41) is 0.760. The van der Waals surface area contributed by atoms with Crippen molar-refractivity contribution in [3.05, 3.63) is 81.8 Å². The van der Waals surface area contributed by atoms with Crippen LogP contribution >= 0.6 is 27.5 Å². The second-order valence-corrected chi connectivity index (χ2v) is 8.02. The van der Waals surface area contributed by atoms with Gasteiger partial charge in [0.1, 0.15) is 11.6 Å². The summed E-state index contributed by atoms with van der Waals surface area (Å²) >= 11 is 9.64. The first kappa shape index (κ1) is 19.0. The minimum Gasteiger partial charge on any atom is -0.494 e. The number of imidazole rings is 1. The van der Waals surface area contributed by atoms with Gasteiger partial charge < -0.3 is 9.30 Å². The lowest BCUT2D eigenvalue weighted by atomic mass is 10.2. The summed E-state index contributed by atoms with van der Waals surface area (Å²) in [5.41, 5.74) is 4.27. The molecule has 0 N–H and O–H groups in total. The summed E-state index contributed by atoms with van der Waals surface area (Å²) in [5.74, 6) is 1.83. The Bertz CT molecular complexity index is 1120. The van der Waals surface area contributed by atoms with E-state index in [0.29, 0.717) is 6.61 Å². The lowest BCUT2D eigenvalue weighted by Crippen LogP contribution is -2.06. The standard InChI is InChI=1S/C23H20BrClN2O/c1-16-14-19(10-11-20(16)25)28-13-5-12-27-22-9-3-2-8-21(22)26-23(27)17-6-4-7-18(24)15-17/h2-4,6-11,14-15H,5,12-13H2,1H3. The Kier molecular flexibility index (Phi) is 5.69. The van der Waals surface area contributed by atoms with Crippen LogP contribution in [-0.2, 0) is 6.54 Å². The fourth-order valence-corrected chi connectivity index (χ4v) is 3.79. The first-order valence-corrected chi connectivity index (χ1v) is 10.4. The summed E-state index contributed by atoms with van der Waals surface area (Å²) in [6.07, 6.45) is 0.878. The molecule has 0 atom stereocenters. The largest absolute Gasteiger partial charge is 0.494 e. The molecular weight excluding hydrogens is 436 g/mol. The van der Waals surface area contributed by atoms with E-state index >= 15 is 0 Å². The smallest absolute Gasteiger partial charge is 0.141 e. The maximum absolute atomic E-state index is 6.08. The number of halogens is 2. The Morgan fingerprint density at radius 2 is 1.89 bits per heavy atom. The first-order valence-electron chi connectivity index (χ1n) is 9.22. The molecule has 0 unspecified atom stereocenters. The zero-order valence-corrected chi connectivity index (χ0v) is 17.9. The van der Waals surface area contributed by atoms with Crippen LogP contribution in [0.25, 0.3) is 22.4 Å². The van der Waals surface area contributed by atoms with E-state index in [0.717, 1.165) is 56.2 Å². The van der Waals surface area contributed by atoms with Crippen molar-refractivity contribution in [2.45, 2.75) is 19.9 Å². The molecule has 0 aliphatic carbocycles. The van der Waals surface area contributed by atoms with E-state index in [9.17, 15) is 0 Å². The van der Waals surface area contributed by atoms with Gasteiger partial charge in [0.2, 0.25) is 0 Å². The minimum absolute atomic E-state index is 0.630. The normalized spacial score (nSPS) is 11.1. The zero-order valence-electron chi connectivity index (χ0n) is 15.5. The van der Waals surface area contributed by atoms with Gasteiger partial charge >= 0.3 is 0 Å². The number of fused-ring (bicyclic) bond motifs is 1. The Labute approximate surface area is 178 Å². The van der Waals surface area contributed by atoms with Crippen LogP contribution in [0.5, 0.6) is 5.75 Å². The highest BCUT2D eigenvalue weighted by Gasteiger charge is 2.12. The molecule has 0 fully saturated rings. The fourth-order valence-electron chi connectivity index (χ4n) is 3.27. The Balaban J connectivity index is 1.54. The highest BCUT2D eigenvalue weighted by molar-refractivity contribution is 9.10. The lowest BCUT2D eigenvalue weighted by Gasteiger charge is -2.11. The predicted molar refractivity (Wildman–Crippen MR) is 119 cm³/mol. The summed E-state index contributed by atoms with van der Waals surface area (Å²) in [6, 6.07) is 22.3. The average molecular weight is 456 g/mol. The van der Waals surface area contributed by atoms with Gasteiger partial charge in [-0.1, -0.05) is 51.8 Å². The van der Waals surface area contributed by atoms with E-state index < -0.39 is 0 Å². The molecule has 0 bridgehead atoms. The molecule has 4 rings (SSSR count). The molecule has 0 saturated carbocycles. The molecule has 0 spiro atoms. The molecule has 1 aromatic heterocycles. The number of nitrogens with zero attached hydrogens (tertiary/aromatic N) is 2. The Morgan fingerprint density at radius 3 is 2.71 bits per heavy atom. The average Bonchev–Trinajstić information content (AvgIpc) is 3.07. The van der Waals surface area contributed by atoms with Crippen molar-refractivity contribution in [3.63, 3.8) is 0 Å². The van der Waals surface area contributed by atoms with Crippen LogP contribution in [-0.4, -0.2) is 16.2 Å². The number of aromatic nitrogens is 2. The molecular formula is C23H20BrClN2O. The highest BCUT2D eigenvalue weighted by atomic mass is 79.9. The van der Waals surface area contributed by atoms with Crippen LogP contribution in [0, 0.1) is 6.92 Å². The van der Waals surface area contributed by atoms with Crippen molar-refractivity contribution in [1.29, 1.82) is 0 Å². The van der Waals surface area contributed by atoms with E-state index in [2.05, 4.69) is 50.8 Å². The van der Waals surface area contributed by atoms with Crippen LogP contribution < -0.4 is 4.74 Å². The molecule has 0 amide bonds. The van der Waals surface area contributed by atoms with Crippen molar-refractivity contribution in [1.82, 2.24) is 9.55 Å². The third kappa shape index (κ3) is 4.08. The summed E-state index contributed by atoms with van der Waals surface area (Å²) in [4.78, 5) is 4.87. The summed E-state index contributed by atoms with van der Waals surface area (Å²) in [7, 11) is 0. The second kappa shape index (κ2) is 8.38. The number of para-hydroxylation sites is 2. The van der Waals surface area contributed by atoms with E-state index in [1.807, 2.05) is 43.3 Å². The van der Waals surface area contributed by atoms with E-state index in [4.69, 9.17) is 21.3 Å². The molecule has 28 heavy (non-hydrogen) atoms. The van der Waals surface area contributed by atoms with E-state index in [-0.39, 0.29) is 0 Å². The third-order valence-corrected chi connectivity index (χ3v) is 5.58. The van der Waals surface area contributed by atoms with Crippen molar-refractivity contribution in [3.8, 4) is 17.1 Å². The molecule has 3 aromatic carbocycles. The first-order chi connectivity index (χ1) is 13.6. The SMILES string of the molecule is Cc1cc(OCCCn2c(-c3cccc(Br)c3)nc3ccccc32)ccc1Cl. The maximum atomic E-state index is 6.08. The van der Waals surface area contributed by atoms with Crippen molar-refractivity contribution in [2.24, 2.45) is 0 Å². The maximum Gasteiger partial charge on any atom is 0.141 e. The van der Waals surface area contributed by atoms with Gasteiger partial charge in [0.25, 0.3) is 0 Å². The molecule has 0 aliphatic heterocycles. The topological polar surface area (TPSA) is 27.1 Å². The van der Waals surface area contributed by atoms with Gasteiger partial charge in [-0.25, -0.2) is 4.98 Å². The number of aryl methyl sites for hydroxylation is 2. The van der Waals surface area contributed by atoms with Gasteiger partial charge in [-0.3, -0.25) is 0 Å². The van der Waals surface area contributed by atoms with Crippen LogP contribution in [0.3, 0.4) is 0 Å². The third-order valence-electron chi connectivity index (χ3n) is 4.66. The van der Waals surface area contributed by atoms with Crippen molar-refractivity contribution >= 4 is 38.6 Å². The van der Waals surface area contributed by atoms with Gasteiger partial charge in [-0.15, -0.1) is 0 Å². The van der Waals surface area contributed by atoms with Crippen LogP contribution in [0.4, 0.5) is 0 Å². The number of hydrogen-bond acceptors (Lipinski definition) is 2. The zero-order chi connectivity index (χ0) is 19.5. The quantitative estimate of drug-likeness (QED) is 0.296. The molecule has 3 nitrogen and oxygen atoms in total. The van der Waals surface area contributed by atoms with Crippen LogP contribution in [0.1, 0.15) is 12.0 Å². The number of rotatable bonds is 6. The lowest BCUT2D eigenvalue weighted by molar-refractivity contribution is 0.302. The molecule has 0 radical (unpaired) electrons. The van der Waals surface area contributed by atoms with Gasteiger partial charge in [-0.2, -0.15) is 0 Å². The molecule has 142 valence electrons. The number of hydrogen-bond donors (Lipinski definition) is 0. The van der Waals surface area contributed by atoms with Gasteiger partial charge in [-0.05, 0) is 61.4 Å². The summed E-state index contributed by atoms with van der Waals surface area (Å²) < 4.78 is 9.23. The van der Waals surface area contributed by atoms with E-state index in [1.165, 1.54) is 0 Å². The second-order valence-electron chi connectivity index (χ2n) is 6.70. The number of ether oxygens (including phenoxy) is 1. The minimum atomic E-state index is 0.630. The van der Waals surface area contributed by atoms with Crippen LogP contribution in [0.2, 0.25) is 5.02 Å². The van der Waals surface area contributed by atoms with Crippen molar-refractivity contribution in [2.75, 3.05) is 6.61 Å². The van der Waals surface area contributed by atoms with Crippen molar-refractivity contribution < 1.29 is 4.74 Å². The molecule has 1 heterocycles. The Hall–Kier alpha value is -2.30. The number of benzene rings is 3. The summed E-state index contributed by atoms with van der Waals surface area (Å²) in [6.45, 7) is 3.44. The molecule has 0 aliphatic rings. The van der Waals surface area contributed by atoms with Gasteiger partial charge in [0.15, 0.2) is 0 Å². The molecule has 0 saturated heterocycles. The van der Waals surface area contributed by atoms with Gasteiger partial charge in [0, 0.05) is 21.6 Å². The fraction of sp³-hybridized carbons (Fsp3) is 0.174. The molecule has 4 aromatic rings. The monoisotopic (exact) mass is 454 g/mol. The van der Waals surface area contributed by atoms with Crippen LogP contribution in [0.15, 0.2) is 71.2 Å². The molecule has 5 heteroatoms. The predicted octanol–water partition coefficient (Wildman–Crippen LogP) is 6.90. The Morgan fingerprint density at radius 1 is 1.04 bits per heavy atom. The highest BCUT2D eigenvalue weighted by Crippen LogP contribution is 2.27. The van der Waals surface area contributed by atoms with E-state index in [1.54, 1.807) is 0 Å². The van der Waals surface area contributed by atoms with Gasteiger partial charge in [0.05, 0.1) is 17.6 Å².